The fourth-order valence-corrected chi connectivity index (χ4v) is 1.98. The van der Waals surface area contributed by atoms with Crippen LogP contribution in [0, 0.1) is 0 Å². The molecule has 1 aromatic carbocycles. The molecule has 0 unspecified atom stereocenters. The molecule has 2 rings (SSSR count). The number of ether oxygens (including phenoxy) is 1. The Morgan fingerprint density at radius 1 is 1.43 bits per heavy atom. The molecule has 0 aliphatic heterocycles. The van der Waals surface area contributed by atoms with Gasteiger partial charge in [0.1, 0.15) is 0 Å². The second kappa shape index (κ2) is 7.31. The van der Waals surface area contributed by atoms with E-state index in [1.165, 1.54) is 0 Å². The van der Waals surface area contributed by atoms with Crippen molar-refractivity contribution in [1.29, 1.82) is 0 Å². The van der Waals surface area contributed by atoms with Crippen molar-refractivity contribution in [2.75, 3.05) is 24.2 Å². The summed E-state index contributed by atoms with van der Waals surface area (Å²) in [4.78, 5) is 11.9. The number of rotatable bonds is 8. The van der Waals surface area contributed by atoms with Crippen molar-refractivity contribution in [1.82, 2.24) is 5.32 Å². The van der Waals surface area contributed by atoms with E-state index in [0.29, 0.717) is 17.3 Å². The molecule has 21 heavy (non-hydrogen) atoms. The number of anilines is 2. The SMILES string of the molecule is CC(C)OCCCNc1ccc(C(=O)NC2CC2)cc1N. The molecule has 0 aromatic heterocycles. The molecule has 0 atom stereocenters. The highest BCUT2D eigenvalue weighted by Gasteiger charge is 2.23. The van der Waals surface area contributed by atoms with Crippen molar-refractivity contribution in [2.45, 2.75) is 45.3 Å². The zero-order chi connectivity index (χ0) is 15.2. The van der Waals surface area contributed by atoms with Crippen molar-refractivity contribution in [3.8, 4) is 0 Å². The van der Waals surface area contributed by atoms with Crippen molar-refractivity contribution < 1.29 is 9.53 Å². The Balaban J connectivity index is 1.79. The molecule has 1 aromatic rings. The largest absolute Gasteiger partial charge is 0.397 e. The van der Waals surface area contributed by atoms with Crippen LogP contribution < -0.4 is 16.4 Å². The first-order chi connectivity index (χ1) is 10.1. The van der Waals surface area contributed by atoms with Gasteiger partial charge in [-0.1, -0.05) is 0 Å². The number of benzene rings is 1. The number of nitrogen functional groups attached to an aromatic ring is 1. The minimum absolute atomic E-state index is 0.0407. The minimum atomic E-state index is -0.0407. The Hall–Kier alpha value is -1.75. The maximum atomic E-state index is 11.9. The molecule has 116 valence electrons. The molecule has 1 amide bonds. The molecule has 1 fully saturated rings. The number of hydrogen-bond donors (Lipinski definition) is 3. The fraction of sp³-hybridized carbons (Fsp3) is 0.562. The van der Waals surface area contributed by atoms with Crippen LogP contribution in [0.2, 0.25) is 0 Å². The molecule has 5 nitrogen and oxygen atoms in total. The summed E-state index contributed by atoms with van der Waals surface area (Å²) in [6, 6.07) is 5.75. The summed E-state index contributed by atoms with van der Waals surface area (Å²) in [7, 11) is 0. The van der Waals surface area contributed by atoms with Crippen LogP contribution in [-0.4, -0.2) is 31.2 Å². The molecule has 1 aliphatic carbocycles. The molecule has 5 heteroatoms. The molecule has 1 saturated carbocycles. The summed E-state index contributed by atoms with van der Waals surface area (Å²) in [5.41, 5.74) is 8.08. The van der Waals surface area contributed by atoms with Crippen LogP contribution in [0.1, 0.15) is 43.5 Å². The average Bonchev–Trinajstić information content (AvgIpc) is 3.23. The van der Waals surface area contributed by atoms with Crippen LogP contribution in [0.3, 0.4) is 0 Å². The van der Waals surface area contributed by atoms with Crippen LogP contribution in [0.15, 0.2) is 18.2 Å². The van der Waals surface area contributed by atoms with Crippen molar-refractivity contribution >= 4 is 17.3 Å². The number of hydrogen-bond acceptors (Lipinski definition) is 4. The summed E-state index contributed by atoms with van der Waals surface area (Å²) in [5.74, 6) is -0.0407. The first-order valence-corrected chi connectivity index (χ1v) is 7.62. The maximum Gasteiger partial charge on any atom is 0.251 e. The van der Waals surface area contributed by atoms with E-state index in [2.05, 4.69) is 10.6 Å². The van der Waals surface area contributed by atoms with Gasteiger partial charge in [-0.2, -0.15) is 0 Å². The van der Waals surface area contributed by atoms with Gasteiger partial charge in [0.25, 0.3) is 5.91 Å². The van der Waals surface area contributed by atoms with Gasteiger partial charge in [0.05, 0.1) is 17.5 Å². The molecular weight excluding hydrogens is 266 g/mol. The molecule has 4 N–H and O–H groups in total. The average molecular weight is 291 g/mol. The van der Waals surface area contributed by atoms with Gasteiger partial charge < -0.3 is 21.1 Å². The van der Waals surface area contributed by atoms with E-state index in [4.69, 9.17) is 10.5 Å². The third-order valence-electron chi connectivity index (χ3n) is 3.31. The van der Waals surface area contributed by atoms with Crippen LogP contribution in [0.5, 0.6) is 0 Å². The summed E-state index contributed by atoms with van der Waals surface area (Å²) < 4.78 is 5.48. The lowest BCUT2D eigenvalue weighted by Crippen LogP contribution is -2.25. The Morgan fingerprint density at radius 2 is 2.19 bits per heavy atom. The van der Waals surface area contributed by atoms with Gasteiger partial charge in [0.2, 0.25) is 0 Å². The van der Waals surface area contributed by atoms with Crippen LogP contribution in [0.25, 0.3) is 0 Å². The standard InChI is InChI=1S/C16H25N3O2/c1-11(2)21-9-3-8-18-15-7-4-12(10-14(15)17)16(20)19-13-5-6-13/h4,7,10-11,13,18H,3,5-6,8-9,17H2,1-2H3,(H,19,20). The topological polar surface area (TPSA) is 76.4 Å². The van der Waals surface area contributed by atoms with Crippen molar-refractivity contribution in [2.24, 2.45) is 0 Å². The van der Waals surface area contributed by atoms with E-state index in [9.17, 15) is 4.79 Å². The predicted octanol–water partition coefficient (Wildman–Crippen LogP) is 2.39. The van der Waals surface area contributed by atoms with Gasteiger partial charge in [-0.05, 0) is 51.3 Å². The Kier molecular flexibility index (Phi) is 5.44. The molecule has 0 spiro atoms. The van der Waals surface area contributed by atoms with Gasteiger partial charge in [0.15, 0.2) is 0 Å². The summed E-state index contributed by atoms with van der Waals surface area (Å²) >= 11 is 0. The number of carbonyl (C=O) groups is 1. The summed E-state index contributed by atoms with van der Waals surface area (Å²) in [5, 5.41) is 6.23. The van der Waals surface area contributed by atoms with Gasteiger partial charge >= 0.3 is 0 Å². The number of nitrogens with one attached hydrogen (secondary N) is 2. The Bertz CT molecular complexity index is 484. The van der Waals surface area contributed by atoms with E-state index in [1.54, 1.807) is 12.1 Å². The quantitative estimate of drug-likeness (QED) is 0.508. The second-order valence-corrected chi connectivity index (χ2v) is 5.75. The summed E-state index contributed by atoms with van der Waals surface area (Å²) in [6.45, 7) is 5.57. The predicted molar refractivity (Wildman–Crippen MR) is 85.5 cm³/mol. The van der Waals surface area contributed by atoms with Crippen LogP contribution in [0.4, 0.5) is 11.4 Å². The van der Waals surface area contributed by atoms with E-state index in [-0.39, 0.29) is 12.0 Å². The van der Waals surface area contributed by atoms with E-state index >= 15 is 0 Å². The number of amides is 1. The zero-order valence-corrected chi connectivity index (χ0v) is 12.8. The molecule has 0 saturated heterocycles. The normalized spacial score (nSPS) is 14.2. The number of carbonyl (C=O) groups excluding carboxylic acids is 1. The first kappa shape index (κ1) is 15.6. The molecule has 0 radical (unpaired) electrons. The lowest BCUT2D eigenvalue weighted by atomic mass is 10.1. The smallest absolute Gasteiger partial charge is 0.251 e. The molecular formula is C16H25N3O2. The van der Waals surface area contributed by atoms with E-state index < -0.39 is 0 Å². The van der Waals surface area contributed by atoms with Crippen molar-refractivity contribution in [3.63, 3.8) is 0 Å². The van der Waals surface area contributed by atoms with Gasteiger partial charge in [-0.3, -0.25) is 4.79 Å². The highest BCUT2D eigenvalue weighted by Crippen LogP contribution is 2.22. The minimum Gasteiger partial charge on any atom is -0.397 e. The number of nitrogens with two attached hydrogens (primary N) is 1. The van der Waals surface area contributed by atoms with Crippen molar-refractivity contribution in [3.05, 3.63) is 23.8 Å². The third kappa shape index (κ3) is 5.27. The molecule has 1 aliphatic rings. The van der Waals surface area contributed by atoms with E-state index in [0.717, 1.165) is 38.1 Å². The van der Waals surface area contributed by atoms with Crippen LogP contribution >= 0.6 is 0 Å². The van der Waals surface area contributed by atoms with Gasteiger partial charge in [-0.25, -0.2) is 0 Å². The lowest BCUT2D eigenvalue weighted by Gasteiger charge is -2.12. The van der Waals surface area contributed by atoms with Gasteiger partial charge in [0, 0.05) is 24.8 Å². The monoisotopic (exact) mass is 291 g/mol. The fourth-order valence-electron chi connectivity index (χ4n) is 1.98. The lowest BCUT2D eigenvalue weighted by molar-refractivity contribution is 0.0787. The molecule has 0 heterocycles. The third-order valence-corrected chi connectivity index (χ3v) is 3.31. The van der Waals surface area contributed by atoms with E-state index in [1.807, 2.05) is 19.9 Å². The Labute approximate surface area is 126 Å². The second-order valence-electron chi connectivity index (χ2n) is 5.75. The summed E-state index contributed by atoms with van der Waals surface area (Å²) in [6.07, 6.45) is 3.35. The van der Waals surface area contributed by atoms with Gasteiger partial charge in [-0.15, -0.1) is 0 Å². The molecule has 0 bridgehead atoms. The zero-order valence-electron chi connectivity index (χ0n) is 12.8. The first-order valence-electron chi connectivity index (χ1n) is 7.62. The Morgan fingerprint density at radius 3 is 2.81 bits per heavy atom. The highest BCUT2D eigenvalue weighted by molar-refractivity contribution is 5.96. The van der Waals surface area contributed by atoms with Crippen LogP contribution in [-0.2, 0) is 4.74 Å². The highest BCUT2D eigenvalue weighted by atomic mass is 16.5. The maximum absolute atomic E-state index is 11.9.